The van der Waals surface area contributed by atoms with Crippen LogP contribution in [0, 0.1) is 0 Å². The Morgan fingerprint density at radius 1 is 0.762 bits per heavy atom. The molecule has 2 N–H and O–H groups in total. The molecule has 0 saturated heterocycles. The zero-order valence-electron chi connectivity index (χ0n) is 13.7. The minimum atomic E-state index is -0.0161. The lowest BCUT2D eigenvalue weighted by Gasteiger charge is -2.30. The maximum atomic E-state index is 6.11. The van der Waals surface area contributed by atoms with Gasteiger partial charge in [-0.15, -0.1) is 0 Å². The lowest BCUT2D eigenvalue weighted by Crippen LogP contribution is -2.34. The fourth-order valence-corrected chi connectivity index (χ4v) is 2.71. The lowest BCUT2D eigenvalue weighted by molar-refractivity contribution is 0.480. The van der Waals surface area contributed by atoms with Crippen LogP contribution in [0.25, 0.3) is 0 Å². The van der Waals surface area contributed by atoms with Gasteiger partial charge in [-0.25, -0.2) is 0 Å². The van der Waals surface area contributed by atoms with Crippen LogP contribution in [-0.4, -0.2) is 6.54 Å². The first-order valence-corrected chi connectivity index (χ1v) is 7.70. The van der Waals surface area contributed by atoms with Crippen molar-refractivity contribution in [2.45, 2.75) is 44.9 Å². The van der Waals surface area contributed by atoms with Crippen LogP contribution >= 0.6 is 0 Å². The molecule has 0 aromatic heterocycles. The molecule has 0 bridgehead atoms. The highest BCUT2D eigenvalue weighted by atomic mass is 14.6. The Kier molecular flexibility index (Phi) is 4.53. The van der Waals surface area contributed by atoms with Gasteiger partial charge >= 0.3 is 0 Å². The highest BCUT2D eigenvalue weighted by Gasteiger charge is 2.26. The van der Waals surface area contributed by atoms with Gasteiger partial charge < -0.3 is 5.73 Å². The Balaban J connectivity index is 2.28. The first kappa shape index (κ1) is 15.8. The van der Waals surface area contributed by atoms with Crippen molar-refractivity contribution in [3.8, 4) is 0 Å². The predicted molar refractivity (Wildman–Crippen MR) is 91.7 cm³/mol. The summed E-state index contributed by atoms with van der Waals surface area (Å²) >= 11 is 0. The molecule has 0 spiro atoms. The third-order valence-electron chi connectivity index (χ3n) is 4.34. The van der Waals surface area contributed by atoms with Crippen LogP contribution in [0.2, 0.25) is 0 Å². The zero-order valence-corrected chi connectivity index (χ0v) is 13.7. The van der Waals surface area contributed by atoms with Crippen molar-refractivity contribution >= 4 is 0 Å². The second-order valence-corrected chi connectivity index (χ2v) is 7.25. The molecule has 112 valence electrons. The van der Waals surface area contributed by atoms with Crippen LogP contribution in [0.1, 0.15) is 44.4 Å². The van der Waals surface area contributed by atoms with E-state index in [1.54, 1.807) is 0 Å². The van der Waals surface area contributed by atoms with Gasteiger partial charge in [-0.3, -0.25) is 0 Å². The molecular weight excluding hydrogens is 254 g/mol. The number of hydrogen-bond acceptors (Lipinski definition) is 1. The van der Waals surface area contributed by atoms with Crippen LogP contribution in [0.4, 0.5) is 0 Å². The van der Waals surface area contributed by atoms with Crippen LogP contribution in [0.5, 0.6) is 0 Å². The van der Waals surface area contributed by atoms with Gasteiger partial charge in [0.05, 0.1) is 0 Å². The second-order valence-electron chi connectivity index (χ2n) is 7.25. The van der Waals surface area contributed by atoms with Crippen molar-refractivity contribution in [1.82, 2.24) is 0 Å². The quantitative estimate of drug-likeness (QED) is 0.880. The minimum absolute atomic E-state index is 0.0161. The summed E-state index contributed by atoms with van der Waals surface area (Å²) in [5, 5.41) is 0. The molecule has 2 rings (SSSR count). The molecule has 0 aliphatic carbocycles. The number of nitrogens with two attached hydrogens (primary N) is 1. The van der Waals surface area contributed by atoms with E-state index in [2.05, 4.69) is 82.3 Å². The van der Waals surface area contributed by atoms with E-state index < -0.39 is 0 Å². The summed E-state index contributed by atoms with van der Waals surface area (Å²) in [5.41, 5.74) is 10.3. The van der Waals surface area contributed by atoms with Crippen molar-refractivity contribution in [3.05, 3.63) is 71.3 Å². The van der Waals surface area contributed by atoms with E-state index in [4.69, 9.17) is 5.73 Å². The largest absolute Gasteiger partial charge is 0.330 e. The number of benzene rings is 2. The molecule has 1 unspecified atom stereocenters. The van der Waals surface area contributed by atoms with E-state index in [0.29, 0.717) is 6.54 Å². The molecule has 2 aromatic carbocycles. The summed E-state index contributed by atoms with van der Waals surface area (Å²) in [6.45, 7) is 9.64. The standard InChI is InChI=1S/C20H27N/c1-19(2,3)17-10-12-18(13-11-17)20(4,15-21)14-16-8-6-5-7-9-16/h5-13H,14-15,21H2,1-4H3. The van der Waals surface area contributed by atoms with E-state index in [-0.39, 0.29) is 10.8 Å². The third-order valence-corrected chi connectivity index (χ3v) is 4.34. The lowest BCUT2D eigenvalue weighted by atomic mass is 9.76. The highest BCUT2D eigenvalue weighted by Crippen LogP contribution is 2.30. The van der Waals surface area contributed by atoms with Gasteiger partial charge in [-0.2, -0.15) is 0 Å². The van der Waals surface area contributed by atoms with Crippen LogP contribution in [0.3, 0.4) is 0 Å². The molecule has 0 saturated carbocycles. The molecule has 2 aromatic rings. The summed E-state index contributed by atoms with van der Waals surface area (Å²) in [4.78, 5) is 0. The molecule has 0 heterocycles. The first-order chi connectivity index (χ1) is 9.85. The fourth-order valence-electron chi connectivity index (χ4n) is 2.71. The minimum Gasteiger partial charge on any atom is -0.330 e. The normalized spacial score (nSPS) is 14.7. The van der Waals surface area contributed by atoms with Gasteiger partial charge in [-0.1, -0.05) is 82.3 Å². The first-order valence-electron chi connectivity index (χ1n) is 7.70. The molecule has 0 aliphatic rings. The van der Waals surface area contributed by atoms with E-state index in [1.807, 2.05) is 0 Å². The Morgan fingerprint density at radius 3 is 1.76 bits per heavy atom. The van der Waals surface area contributed by atoms with Gasteiger partial charge in [-0.05, 0) is 28.5 Å². The maximum absolute atomic E-state index is 6.11. The summed E-state index contributed by atoms with van der Waals surface area (Å²) < 4.78 is 0. The Bertz CT molecular complexity index is 563. The van der Waals surface area contributed by atoms with Gasteiger partial charge in [0, 0.05) is 12.0 Å². The molecule has 0 amide bonds. The van der Waals surface area contributed by atoms with Gasteiger partial charge in [0.2, 0.25) is 0 Å². The van der Waals surface area contributed by atoms with Crippen LogP contribution < -0.4 is 5.73 Å². The fraction of sp³-hybridized carbons (Fsp3) is 0.400. The molecule has 21 heavy (non-hydrogen) atoms. The van der Waals surface area contributed by atoms with Gasteiger partial charge in [0.15, 0.2) is 0 Å². The van der Waals surface area contributed by atoms with E-state index in [9.17, 15) is 0 Å². The average Bonchev–Trinajstić information content (AvgIpc) is 2.47. The van der Waals surface area contributed by atoms with Crippen LogP contribution in [-0.2, 0) is 17.3 Å². The van der Waals surface area contributed by atoms with Gasteiger partial charge in [0.1, 0.15) is 0 Å². The highest BCUT2D eigenvalue weighted by molar-refractivity contribution is 5.34. The van der Waals surface area contributed by atoms with Crippen molar-refractivity contribution < 1.29 is 0 Å². The second kappa shape index (κ2) is 6.03. The molecule has 0 fully saturated rings. The monoisotopic (exact) mass is 281 g/mol. The van der Waals surface area contributed by atoms with Crippen molar-refractivity contribution in [2.24, 2.45) is 5.73 Å². The Hall–Kier alpha value is -1.60. The zero-order chi connectivity index (χ0) is 15.5. The predicted octanol–water partition coefficient (Wildman–Crippen LogP) is 4.44. The summed E-state index contributed by atoms with van der Waals surface area (Å²) in [6.07, 6.45) is 0.971. The summed E-state index contributed by atoms with van der Waals surface area (Å²) in [5.74, 6) is 0. The molecule has 1 nitrogen and oxygen atoms in total. The van der Waals surface area contributed by atoms with Crippen molar-refractivity contribution in [3.63, 3.8) is 0 Å². The summed E-state index contributed by atoms with van der Waals surface area (Å²) in [7, 11) is 0. The Labute approximate surface area is 129 Å². The van der Waals surface area contributed by atoms with Crippen molar-refractivity contribution in [2.75, 3.05) is 6.54 Å². The topological polar surface area (TPSA) is 26.0 Å². The summed E-state index contributed by atoms with van der Waals surface area (Å²) in [6, 6.07) is 19.6. The molecule has 0 aliphatic heterocycles. The van der Waals surface area contributed by atoms with Crippen molar-refractivity contribution in [1.29, 1.82) is 0 Å². The molecule has 1 atom stereocenters. The van der Waals surface area contributed by atoms with E-state index in [1.165, 1.54) is 16.7 Å². The van der Waals surface area contributed by atoms with Crippen LogP contribution in [0.15, 0.2) is 54.6 Å². The van der Waals surface area contributed by atoms with E-state index in [0.717, 1.165) is 6.42 Å². The number of hydrogen-bond donors (Lipinski definition) is 1. The van der Waals surface area contributed by atoms with E-state index >= 15 is 0 Å². The smallest absolute Gasteiger partial charge is 0.00876 e. The SMILES string of the molecule is CC(C)(C)c1ccc(C(C)(CN)Cc2ccccc2)cc1. The average molecular weight is 281 g/mol. The van der Waals surface area contributed by atoms with Gasteiger partial charge in [0.25, 0.3) is 0 Å². The third kappa shape index (κ3) is 3.74. The molecular formula is C20H27N. The molecule has 0 radical (unpaired) electrons. The maximum Gasteiger partial charge on any atom is 0.00876 e. The molecule has 1 heteroatoms. The number of rotatable bonds is 4. The Morgan fingerprint density at radius 2 is 1.29 bits per heavy atom.